The number of hydrogen-bond acceptors (Lipinski definition) is 2. The first-order valence-electron chi connectivity index (χ1n) is 4.24. The lowest BCUT2D eigenvalue weighted by atomic mass is 10.1. The SMILES string of the molecule is CCC(=N)c1cccc(F)c1NC. The van der Waals surface area contributed by atoms with Crippen LogP contribution in [0.2, 0.25) is 0 Å². The van der Waals surface area contributed by atoms with Crippen molar-refractivity contribution in [1.29, 1.82) is 5.41 Å². The van der Waals surface area contributed by atoms with Crippen LogP contribution in [-0.4, -0.2) is 12.8 Å². The largest absolute Gasteiger partial charge is 0.385 e. The van der Waals surface area contributed by atoms with E-state index in [-0.39, 0.29) is 5.82 Å². The van der Waals surface area contributed by atoms with E-state index in [1.807, 2.05) is 6.92 Å². The van der Waals surface area contributed by atoms with Gasteiger partial charge in [-0.25, -0.2) is 4.39 Å². The number of nitrogens with one attached hydrogen (secondary N) is 2. The van der Waals surface area contributed by atoms with Gasteiger partial charge in [-0.2, -0.15) is 0 Å². The molecule has 0 spiro atoms. The number of halogens is 1. The summed E-state index contributed by atoms with van der Waals surface area (Å²) < 4.78 is 13.2. The van der Waals surface area contributed by atoms with E-state index in [0.717, 1.165) is 0 Å². The molecule has 0 heterocycles. The predicted molar refractivity (Wildman–Crippen MR) is 53.1 cm³/mol. The zero-order valence-electron chi connectivity index (χ0n) is 7.82. The van der Waals surface area contributed by atoms with Crippen molar-refractivity contribution in [1.82, 2.24) is 0 Å². The second kappa shape index (κ2) is 4.03. The summed E-state index contributed by atoms with van der Waals surface area (Å²) >= 11 is 0. The highest BCUT2D eigenvalue weighted by molar-refractivity contribution is 6.02. The normalized spacial score (nSPS) is 9.77. The molecule has 0 saturated carbocycles. The summed E-state index contributed by atoms with van der Waals surface area (Å²) in [6.07, 6.45) is 0.609. The minimum absolute atomic E-state index is 0.307. The molecular weight excluding hydrogens is 167 g/mol. The second-order valence-corrected chi connectivity index (χ2v) is 2.74. The summed E-state index contributed by atoms with van der Waals surface area (Å²) in [7, 11) is 1.66. The monoisotopic (exact) mass is 180 g/mol. The van der Waals surface area contributed by atoms with Gasteiger partial charge in [0.05, 0.1) is 5.69 Å². The molecule has 1 aromatic carbocycles. The summed E-state index contributed by atoms with van der Waals surface area (Å²) in [4.78, 5) is 0. The molecule has 1 rings (SSSR count). The van der Waals surface area contributed by atoms with Crippen LogP contribution in [-0.2, 0) is 0 Å². The van der Waals surface area contributed by atoms with E-state index in [1.54, 1.807) is 19.2 Å². The van der Waals surface area contributed by atoms with Gasteiger partial charge in [0.15, 0.2) is 0 Å². The van der Waals surface area contributed by atoms with Gasteiger partial charge in [-0.15, -0.1) is 0 Å². The molecule has 3 heteroatoms. The maximum absolute atomic E-state index is 13.2. The van der Waals surface area contributed by atoms with Gasteiger partial charge in [0, 0.05) is 18.3 Å². The number of rotatable bonds is 3. The van der Waals surface area contributed by atoms with Crippen LogP contribution in [0.1, 0.15) is 18.9 Å². The zero-order valence-corrected chi connectivity index (χ0v) is 7.82. The molecule has 0 radical (unpaired) electrons. The minimum atomic E-state index is -0.307. The van der Waals surface area contributed by atoms with E-state index in [4.69, 9.17) is 5.41 Å². The third kappa shape index (κ3) is 1.86. The van der Waals surface area contributed by atoms with Crippen LogP contribution in [0, 0.1) is 11.2 Å². The van der Waals surface area contributed by atoms with Crippen molar-refractivity contribution in [3.63, 3.8) is 0 Å². The Morgan fingerprint density at radius 2 is 2.23 bits per heavy atom. The van der Waals surface area contributed by atoms with E-state index in [1.165, 1.54) is 6.07 Å². The van der Waals surface area contributed by atoms with Crippen LogP contribution < -0.4 is 5.32 Å². The molecule has 13 heavy (non-hydrogen) atoms. The van der Waals surface area contributed by atoms with Gasteiger partial charge in [0.1, 0.15) is 5.82 Å². The van der Waals surface area contributed by atoms with Gasteiger partial charge in [-0.3, -0.25) is 0 Å². The van der Waals surface area contributed by atoms with Crippen LogP contribution >= 0.6 is 0 Å². The fourth-order valence-corrected chi connectivity index (χ4v) is 1.22. The van der Waals surface area contributed by atoms with Crippen LogP contribution in [0.4, 0.5) is 10.1 Å². The Morgan fingerprint density at radius 1 is 1.54 bits per heavy atom. The molecule has 0 saturated heterocycles. The second-order valence-electron chi connectivity index (χ2n) is 2.74. The van der Waals surface area contributed by atoms with Crippen LogP contribution in [0.5, 0.6) is 0 Å². The lowest BCUT2D eigenvalue weighted by Gasteiger charge is -2.09. The molecule has 0 atom stereocenters. The molecule has 70 valence electrons. The molecular formula is C10H13FN2. The summed E-state index contributed by atoms with van der Waals surface area (Å²) in [6, 6.07) is 4.76. The highest BCUT2D eigenvalue weighted by atomic mass is 19.1. The number of benzene rings is 1. The summed E-state index contributed by atoms with van der Waals surface area (Å²) in [6.45, 7) is 1.88. The van der Waals surface area contributed by atoms with Crippen LogP contribution in [0.3, 0.4) is 0 Å². The molecule has 0 amide bonds. The molecule has 2 N–H and O–H groups in total. The van der Waals surface area contributed by atoms with E-state index in [2.05, 4.69) is 5.32 Å². The topological polar surface area (TPSA) is 35.9 Å². The Morgan fingerprint density at radius 3 is 2.77 bits per heavy atom. The smallest absolute Gasteiger partial charge is 0.146 e. The van der Waals surface area contributed by atoms with Gasteiger partial charge in [0.2, 0.25) is 0 Å². The molecule has 0 aliphatic carbocycles. The lowest BCUT2D eigenvalue weighted by molar-refractivity contribution is 0.631. The molecule has 0 fully saturated rings. The van der Waals surface area contributed by atoms with E-state index in [9.17, 15) is 4.39 Å². The fourth-order valence-electron chi connectivity index (χ4n) is 1.22. The number of para-hydroxylation sites is 1. The molecule has 0 aliphatic heterocycles. The quantitative estimate of drug-likeness (QED) is 0.689. The summed E-state index contributed by atoms with van der Waals surface area (Å²) in [5, 5.41) is 10.4. The Hall–Kier alpha value is -1.38. The molecule has 0 bridgehead atoms. The molecule has 0 unspecified atom stereocenters. The van der Waals surface area contributed by atoms with Crippen molar-refractivity contribution >= 4 is 11.4 Å². The lowest BCUT2D eigenvalue weighted by Crippen LogP contribution is -2.04. The highest BCUT2D eigenvalue weighted by Crippen LogP contribution is 2.20. The van der Waals surface area contributed by atoms with Crippen LogP contribution in [0.25, 0.3) is 0 Å². The minimum Gasteiger partial charge on any atom is -0.385 e. The van der Waals surface area contributed by atoms with E-state index >= 15 is 0 Å². The van der Waals surface area contributed by atoms with E-state index < -0.39 is 0 Å². The Kier molecular flexibility index (Phi) is 3.01. The average Bonchev–Trinajstić information content (AvgIpc) is 2.16. The maximum Gasteiger partial charge on any atom is 0.146 e. The highest BCUT2D eigenvalue weighted by Gasteiger charge is 2.08. The number of hydrogen-bond donors (Lipinski definition) is 2. The van der Waals surface area contributed by atoms with Gasteiger partial charge in [-0.1, -0.05) is 19.1 Å². The fraction of sp³-hybridized carbons (Fsp3) is 0.300. The Balaban J connectivity index is 3.20. The van der Waals surface area contributed by atoms with Gasteiger partial charge < -0.3 is 10.7 Å². The standard InChI is InChI=1S/C10H13FN2/c1-3-9(12)7-5-4-6-8(11)10(7)13-2/h4-6,12-13H,3H2,1-2H3. The Bertz CT molecular complexity index is 321. The van der Waals surface area contributed by atoms with E-state index in [0.29, 0.717) is 23.4 Å². The average molecular weight is 180 g/mol. The van der Waals surface area contributed by atoms with Crippen molar-refractivity contribution in [3.05, 3.63) is 29.6 Å². The van der Waals surface area contributed by atoms with Crippen molar-refractivity contribution in [2.75, 3.05) is 12.4 Å². The first-order chi connectivity index (χ1) is 6.20. The zero-order chi connectivity index (χ0) is 9.84. The van der Waals surface area contributed by atoms with Crippen molar-refractivity contribution in [3.8, 4) is 0 Å². The van der Waals surface area contributed by atoms with Gasteiger partial charge in [-0.05, 0) is 12.5 Å². The molecule has 0 aliphatic rings. The predicted octanol–water partition coefficient (Wildman–Crippen LogP) is 2.65. The molecule has 1 aromatic rings. The van der Waals surface area contributed by atoms with Crippen LogP contribution in [0.15, 0.2) is 18.2 Å². The van der Waals surface area contributed by atoms with Gasteiger partial charge >= 0.3 is 0 Å². The molecule has 0 aromatic heterocycles. The van der Waals surface area contributed by atoms with Crippen molar-refractivity contribution in [2.45, 2.75) is 13.3 Å². The molecule has 2 nitrogen and oxygen atoms in total. The van der Waals surface area contributed by atoms with Crippen molar-refractivity contribution in [2.24, 2.45) is 0 Å². The van der Waals surface area contributed by atoms with Gasteiger partial charge in [0.25, 0.3) is 0 Å². The summed E-state index contributed by atoms with van der Waals surface area (Å²) in [5.41, 5.74) is 1.50. The Labute approximate surface area is 77.3 Å². The third-order valence-electron chi connectivity index (χ3n) is 1.94. The number of anilines is 1. The third-order valence-corrected chi connectivity index (χ3v) is 1.94. The maximum atomic E-state index is 13.2. The first-order valence-corrected chi connectivity index (χ1v) is 4.24. The first kappa shape index (κ1) is 9.71. The van der Waals surface area contributed by atoms with Crippen molar-refractivity contribution < 1.29 is 4.39 Å². The summed E-state index contributed by atoms with van der Waals surface area (Å²) in [5.74, 6) is -0.307.